The van der Waals surface area contributed by atoms with Gasteiger partial charge >= 0.3 is 0 Å². The summed E-state index contributed by atoms with van der Waals surface area (Å²) in [5.41, 5.74) is 8.11. The van der Waals surface area contributed by atoms with Gasteiger partial charge in [0, 0.05) is 0 Å². The molecule has 0 spiro atoms. The Morgan fingerprint density at radius 1 is 1.14 bits per heavy atom. The molecule has 0 saturated carbocycles. The molecule has 1 aromatic rings. The van der Waals surface area contributed by atoms with Gasteiger partial charge in [-0.15, -0.1) is 5.73 Å². The lowest BCUT2D eigenvalue weighted by atomic mass is 9.86. The van der Waals surface area contributed by atoms with Crippen LogP contribution in [0.1, 0.15) is 64.5 Å². The number of benzene rings is 1. The van der Waals surface area contributed by atoms with Crippen LogP contribution < -0.4 is 0 Å². The van der Waals surface area contributed by atoms with Crippen molar-refractivity contribution in [2.45, 2.75) is 66.7 Å². The summed E-state index contributed by atoms with van der Waals surface area (Å²) < 4.78 is 0. The van der Waals surface area contributed by atoms with Gasteiger partial charge in [0.2, 0.25) is 0 Å². The van der Waals surface area contributed by atoms with Gasteiger partial charge in [-0.05, 0) is 73.3 Å². The van der Waals surface area contributed by atoms with Crippen LogP contribution in [-0.2, 0) is 6.42 Å². The minimum absolute atomic E-state index is 0.426. The maximum atomic E-state index is 9.93. The average molecular weight is 379 g/mol. The van der Waals surface area contributed by atoms with Crippen molar-refractivity contribution in [2.24, 2.45) is 11.8 Å². The van der Waals surface area contributed by atoms with E-state index in [-0.39, 0.29) is 0 Å². The van der Waals surface area contributed by atoms with Crippen molar-refractivity contribution >= 4 is 0 Å². The van der Waals surface area contributed by atoms with Crippen LogP contribution in [0.5, 0.6) is 5.75 Å². The molecule has 0 amide bonds. The summed E-state index contributed by atoms with van der Waals surface area (Å²) in [5.74, 6) is 1.55. The van der Waals surface area contributed by atoms with Crippen LogP contribution in [0.15, 0.2) is 72.0 Å². The van der Waals surface area contributed by atoms with Crippen LogP contribution in [0.2, 0.25) is 0 Å². The van der Waals surface area contributed by atoms with Crippen LogP contribution in [0.4, 0.5) is 0 Å². The van der Waals surface area contributed by atoms with Gasteiger partial charge in [-0.25, -0.2) is 0 Å². The highest BCUT2D eigenvalue weighted by atomic mass is 16.3. The zero-order chi connectivity index (χ0) is 20.9. The Morgan fingerprint density at radius 2 is 1.89 bits per heavy atom. The van der Waals surface area contributed by atoms with E-state index in [9.17, 15) is 5.11 Å². The van der Waals surface area contributed by atoms with E-state index >= 15 is 0 Å². The van der Waals surface area contributed by atoms with Gasteiger partial charge in [-0.2, -0.15) is 0 Å². The molecule has 1 N–H and O–H groups in total. The molecule has 0 aliphatic heterocycles. The lowest BCUT2D eigenvalue weighted by Gasteiger charge is -2.20. The van der Waals surface area contributed by atoms with Crippen molar-refractivity contribution in [3.05, 3.63) is 83.2 Å². The number of hydrogen-bond donors (Lipinski definition) is 1. The molecule has 2 rings (SSSR count). The van der Waals surface area contributed by atoms with Gasteiger partial charge in [0.05, 0.1) is 0 Å². The third kappa shape index (κ3) is 7.79. The number of phenols is 1. The van der Waals surface area contributed by atoms with Crippen molar-refractivity contribution in [1.29, 1.82) is 0 Å². The maximum absolute atomic E-state index is 9.93. The molecular formula is C27H38O. The zero-order valence-corrected chi connectivity index (χ0v) is 18.5. The number of allylic oxidation sites excluding steroid dienone is 6. The average Bonchev–Trinajstić information content (AvgIpc) is 2.99. The van der Waals surface area contributed by atoms with E-state index in [4.69, 9.17) is 0 Å². The van der Waals surface area contributed by atoms with Crippen molar-refractivity contribution in [3.8, 4) is 5.75 Å². The molecule has 0 fully saturated rings. The Morgan fingerprint density at radius 3 is 2.50 bits per heavy atom. The summed E-state index contributed by atoms with van der Waals surface area (Å²) in [6.07, 6.45) is 15.6. The fourth-order valence-electron chi connectivity index (χ4n) is 3.28. The first-order valence-corrected chi connectivity index (χ1v) is 10.7. The standard InChI is InChI=1S/C16H24O.C11H14/c1-5-8-14(12(3)6-2)11-15-13(4)9-7-10-16(15)17;1-3-10(2)11-8-6-4-5-7-9-11/h7,9-10,14,17H,3,5-6,8,11H2,1-2,4H3;4-8,10H,3H2,1-2H3/t;10-/m.1/s1. The minimum Gasteiger partial charge on any atom is -0.508 e. The number of aryl methyl sites for hydroxylation is 1. The number of rotatable bonds is 8. The van der Waals surface area contributed by atoms with Crippen molar-refractivity contribution in [2.75, 3.05) is 0 Å². The van der Waals surface area contributed by atoms with Gasteiger partial charge in [-0.1, -0.05) is 82.7 Å². The highest BCUT2D eigenvalue weighted by Gasteiger charge is 2.15. The zero-order valence-electron chi connectivity index (χ0n) is 18.5. The molecule has 1 aliphatic rings. The lowest BCUT2D eigenvalue weighted by Crippen LogP contribution is -2.08. The molecule has 0 aromatic heterocycles. The van der Waals surface area contributed by atoms with Gasteiger partial charge < -0.3 is 5.11 Å². The fourth-order valence-corrected chi connectivity index (χ4v) is 3.28. The SMILES string of the molecule is C=C(CC)C(CCC)Cc1c(C)cccc1O.CC[C@@H](C)C1=C=CC=CC=C1. The topological polar surface area (TPSA) is 20.2 Å². The van der Waals surface area contributed by atoms with E-state index in [0.717, 1.165) is 31.2 Å². The quantitative estimate of drug-likeness (QED) is 0.360. The smallest absolute Gasteiger partial charge is 0.119 e. The maximum Gasteiger partial charge on any atom is 0.119 e. The minimum atomic E-state index is 0.426. The second-order valence-electron chi connectivity index (χ2n) is 7.59. The first kappa shape index (κ1) is 23.8. The summed E-state index contributed by atoms with van der Waals surface area (Å²) in [7, 11) is 0. The lowest BCUT2D eigenvalue weighted by molar-refractivity contribution is 0.455. The Hall–Kier alpha value is -2.24. The van der Waals surface area contributed by atoms with Crippen molar-refractivity contribution in [3.63, 3.8) is 0 Å². The Kier molecular flexibility index (Phi) is 11.1. The first-order chi connectivity index (χ1) is 13.4. The Balaban J connectivity index is 0.000000307. The molecule has 1 aliphatic carbocycles. The third-order valence-electron chi connectivity index (χ3n) is 5.49. The van der Waals surface area contributed by atoms with Crippen molar-refractivity contribution in [1.82, 2.24) is 0 Å². The van der Waals surface area contributed by atoms with E-state index in [1.54, 1.807) is 6.07 Å². The molecule has 1 heteroatoms. The molecule has 2 atom stereocenters. The molecule has 152 valence electrons. The highest BCUT2D eigenvalue weighted by Crippen LogP contribution is 2.29. The van der Waals surface area contributed by atoms with Crippen LogP contribution in [0.3, 0.4) is 0 Å². The van der Waals surface area contributed by atoms with Crippen molar-refractivity contribution < 1.29 is 5.11 Å². The van der Waals surface area contributed by atoms with Gasteiger partial charge in [0.15, 0.2) is 0 Å². The summed E-state index contributed by atoms with van der Waals surface area (Å²) in [6, 6.07) is 5.74. The third-order valence-corrected chi connectivity index (χ3v) is 5.49. The molecule has 1 nitrogen and oxygen atoms in total. The molecular weight excluding hydrogens is 340 g/mol. The van der Waals surface area contributed by atoms with Crippen LogP contribution in [0.25, 0.3) is 0 Å². The molecule has 1 aromatic carbocycles. The van der Waals surface area contributed by atoms with Gasteiger partial charge in [0.1, 0.15) is 5.75 Å². The second-order valence-corrected chi connectivity index (χ2v) is 7.59. The van der Waals surface area contributed by atoms with Crippen LogP contribution in [0, 0.1) is 18.8 Å². The van der Waals surface area contributed by atoms with Gasteiger partial charge in [-0.3, -0.25) is 0 Å². The van der Waals surface area contributed by atoms with E-state index in [1.807, 2.05) is 24.3 Å². The Labute approximate surface area is 172 Å². The number of hydrogen-bond acceptors (Lipinski definition) is 1. The summed E-state index contributed by atoms with van der Waals surface area (Å²) in [4.78, 5) is 0. The molecule has 0 radical (unpaired) electrons. The largest absolute Gasteiger partial charge is 0.508 e. The molecule has 0 saturated heterocycles. The van der Waals surface area contributed by atoms with E-state index in [2.05, 4.69) is 65.1 Å². The summed E-state index contributed by atoms with van der Waals surface area (Å²) in [5, 5.41) is 9.93. The Bertz CT molecular complexity index is 721. The fraction of sp³-hybridized carbons (Fsp3) is 0.444. The van der Waals surface area contributed by atoms with E-state index < -0.39 is 0 Å². The molecule has 0 bridgehead atoms. The molecule has 1 unspecified atom stereocenters. The predicted octanol–water partition coefficient (Wildman–Crippen LogP) is 7.87. The van der Waals surface area contributed by atoms with E-state index in [0.29, 0.717) is 17.6 Å². The molecule has 28 heavy (non-hydrogen) atoms. The second kappa shape index (κ2) is 13.0. The normalized spacial score (nSPS) is 14.5. The summed E-state index contributed by atoms with van der Waals surface area (Å²) >= 11 is 0. The first-order valence-electron chi connectivity index (χ1n) is 10.7. The highest BCUT2D eigenvalue weighted by molar-refractivity contribution is 5.39. The van der Waals surface area contributed by atoms with Gasteiger partial charge in [0.25, 0.3) is 0 Å². The number of phenolic OH excluding ortho intramolecular Hbond substituents is 1. The number of aromatic hydroxyl groups is 1. The predicted molar refractivity (Wildman–Crippen MR) is 124 cm³/mol. The van der Waals surface area contributed by atoms with E-state index in [1.165, 1.54) is 23.1 Å². The summed E-state index contributed by atoms with van der Waals surface area (Å²) in [6.45, 7) is 15.0. The van der Waals surface area contributed by atoms with Crippen LogP contribution in [-0.4, -0.2) is 5.11 Å². The monoisotopic (exact) mass is 378 g/mol. The van der Waals surface area contributed by atoms with Crippen LogP contribution >= 0.6 is 0 Å². The molecule has 0 heterocycles.